The van der Waals surface area contributed by atoms with Crippen molar-refractivity contribution >= 4 is 5.91 Å². The van der Waals surface area contributed by atoms with Crippen molar-refractivity contribution in [3.63, 3.8) is 0 Å². The molecule has 12 heavy (non-hydrogen) atoms. The molecular formula is C9H17NO2. The highest BCUT2D eigenvalue weighted by Gasteiger charge is 2.16. The Hall–Kier alpha value is -0.570. The molecule has 0 aromatic rings. The summed E-state index contributed by atoms with van der Waals surface area (Å²) in [5, 5.41) is 11.5. The topological polar surface area (TPSA) is 49.3 Å². The average molecular weight is 171 g/mol. The van der Waals surface area contributed by atoms with Crippen molar-refractivity contribution in [2.24, 2.45) is 0 Å². The highest BCUT2D eigenvalue weighted by Crippen LogP contribution is 2.17. The number of carbonyl (C=O) groups excluding carboxylic acids is 1. The fourth-order valence-corrected chi connectivity index (χ4v) is 1.61. The van der Waals surface area contributed by atoms with Crippen molar-refractivity contribution in [1.82, 2.24) is 5.32 Å². The molecule has 70 valence electrons. The fraction of sp³-hybridized carbons (Fsp3) is 0.889. The van der Waals surface area contributed by atoms with Gasteiger partial charge in [-0.15, -0.1) is 0 Å². The van der Waals surface area contributed by atoms with Gasteiger partial charge in [0.2, 0.25) is 5.91 Å². The van der Waals surface area contributed by atoms with Crippen molar-refractivity contribution in [2.45, 2.75) is 44.6 Å². The van der Waals surface area contributed by atoms with Gasteiger partial charge < -0.3 is 10.4 Å². The van der Waals surface area contributed by atoms with Crippen molar-refractivity contribution in [3.8, 4) is 0 Å². The van der Waals surface area contributed by atoms with E-state index in [1.165, 1.54) is 12.8 Å². The molecule has 0 spiro atoms. The van der Waals surface area contributed by atoms with Gasteiger partial charge in [0, 0.05) is 19.1 Å². The molecular weight excluding hydrogens is 154 g/mol. The molecule has 0 radical (unpaired) electrons. The van der Waals surface area contributed by atoms with Gasteiger partial charge in [-0.1, -0.05) is 12.8 Å². The Labute approximate surface area is 73.2 Å². The van der Waals surface area contributed by atoms with Crippen LogP contribution in [0.4, 0.5) is 0 Å². The van der Waals surface area contributed by atoms with Crippen LogP contribution in [0.2, 0.25) is 0 Å². The van der Waals surface area contributed by atoms with Crippen LogP contribution in [0.5, 0.6) is 0 Å². The average Bonchev–Trinajstić information content (AvgIpc) is 2.53. The monoisotopic (exact) mass is 171 g/mol. The second kappa shape index (κ2) is 5.14. The molecule has 1 amide bonds. The Balaban J connectivity index is 2.08. The summed E-state index contributed by atoms with van der Waals surface area (Å²) in [6.45, 7) is 0.109. The minimum Gasteiger partial charge on any atom is -0.396 e. The maximum absolute atomic E-state index is 11.1. The standard InChI is InChI=1S/C9H17NO2/c11-7-3-6-9(12)10-8-4-1-2-5-8/h8,11H,1-7H2,(H,10,12). The number of hydrogen-bond donors (Lipinski definition) is 2. The van der Waals surface area contributed by atoms with Crippen LogP contribution in [-0.4, -0.2) is 23.7 Å². The van der Waals surface area contributed by atoms with Gasteiger partial charge in [0.25, 0.3) is 0 Å². The second-order valence-electron chi connectivity index (χ2n) is 3.38. The largest absolute Gasteiger partial charge is 0.396 e. The molecule has 0 bridgehead atoms. The molecule has 3 nitrogen and oxygen atoms in total. The molecule has 3 heteroatoms. The zero-order chi connectivity index (χ0) is 8.81. The smallest absolute Gasteiger partial charge is 0.220 e. The summed E-state index contributed by atoms with van der Waals surface area (Å²) in [5.41, 5.74) is 0. The summed E-state index contributed by atoms with van der Waals surface area (Å²) in [4.78, 5) is 11.1. The van der Waals surface area contributed by atoms with Crippen LogP contribution in [0.25, 0.3) is 0 Å². The Morgan fingerprint density at radius 1 is 1.42 bits per heavy atom. The molecule has 0 unspecified atom stereocenters. The van der Waals surface area contributed by atoms with Gasteiger partial charge in [0.15, 0.2) is 0 Å². The summed E-state index contributed by atoms with van der Waals surface area (Å²) in [5.74, 6) is 0.0935. The predicted molar refractivity (Wildman–Crippen MR) is 46.7 cm³/mol. The number of amides is 1. The molecule has 1 rings (SSSR count). The molecule has 0 heterocycles. The molecule has 1 aliphatic carbocycles. The molecule has 1 aliphatic rings. The van der Waals surface area contributed by atoms with Crippen molar-refractivity contribution < 1.29 is 9.90 Å². The summed E-state index contributed by atoms with van der Waals surface area (Å²) in [6.07, 6.45) is 5.79. The number of hydrogen-bond acceptors (Lipinski definition) is 2. The number of nitrogens with one attached hydrogen (secondary N) is 1. The fourth-order valence-electron chi connectivity index (χ4n) is 1.61. The van der Waals surface area contributed by atoms with E-state index < -0.39 is 0 Å². The van der Waals surface area contributed by atoms with Crippen LogP contribution in [0.15, 0.2) is 0 Å². The van der Waals surface area contributed by atoms with Gasteiger partial charge in [0.1, 0.15) is 0 Å². The Bertz CT molecular complexity index is 141. The Morgan fingerprint density at radius 3 is 2.67 bits per heavy atom. The number of carbonyl (C=O) groups is 1. The number of aliphatic hydroxyl groups excluding tert-OH is 1. The summed E-state index contributed by atoms with van der Waals surface area (Å²) >= 11 is 0. The Morgan fingerprint density at radius 2 is 2.08 bits per heavy atom. The van der Waals surface area contributed by atoms with Crippen LogP contribution in [0.1, 0.15) is 38.5 Å². The van der Waals surface area contributed by atoms with Gasteiger partial charge in [-0.05, 0) is 19.3 Å². The molecule has 0 aromatic carbocycles. The first-order valence-electron chi connectivity index (χ1n) is 4.73. The molecule has 0 aliphatic heterocycles. The zero-order valence-corrected chi connectivity index (χ0v) is 7.38. The highest BCUT2D eigenvalue weighted by molar-refractivity contribution is 5.76. The minimum atomic E-state index is 0.0935. The van der Waals surface area contributed by atoms with E-state index in [4.69, 9.17) is 5.11 Å². The number of rotatable bonds is 4. The van der Waals surface area contributed by atoms with Gasteiger partial charge in [-0.25, -0.2) is 0 Å². The molecule has 0 saturated heterocycles. The third kappa shape index (κ3) is 3.22. The molecule has 2 N–H and O–H groups in total. The first-order chi connectivity index (χ1) is 5.83. The second-order valence-corrected chi connectivity index (χ2v) is 3.38. The first-order valence-corrected chi connectivity index (χ1v) is 4.73. The van der Waals surface area contributed by atoms with E-state index in [-0.39, 0.29) is 12.5 Å². The molecule has 0 aromatic heterocycles. The van der Waals surface area contributed by atoms with E-state index in [1.54, 1.807) is 0 Å². The van der Waals surface area contributed by atoms with Crippen molar-refractivity contribution in [1.29, 1.82) is 0 Å². The van der Waals surface area contributed by atoms with Crippen molar-refractivity contribution in [3.05, 3.63) is 0 Å². The van der Waals surface area contributed by atoms with E-state index in [1.807, 2.05) is 0 Å². The van der Waals surface area contributed by atoms with Gasteiger partial charge in [0.05, 0.1) is 0 Å². The lowest BCUT2D eigenvalue weighted by atomic mass is 10.2. The lowest BCUT2D eigenvalue weighted by molar-refractivity contribution is -0.122. The van der Waals surface area contributed by atoms with E-state index in [0.29, 0.717) is 18.9 Å². The van der Waals surface area contributed by atoms with Crippen LogP contribution < -0.4 is 5.32 Å². The maximum Gasteiger partial charge on any atom is 0.220 e. The van der Waals surface area contributed by atoms with E-state index in [2.05, 4.69) is 5.32 Å². The molecule has 0 atom stereocenters. The van der Waals surface area contributed by atoms with Crippen LogP contribution in [-0.2, 0) is 4.79 Å². The van der Waals surface area contributed by atoms with E-state index in [9.17, 15) is 4.79 Å². The molecule has 1 saturated carbocycles. The first kappa shape index (κ1) is 9.52. The Kier molecular flexibility index (Phi) is 4.08. The maximum atomic E-state index is 11.1. The summed E-state index contributed by atoms with van der Waals surface area (Å²) in [6, 6.07) is 0.413. The van der Waals surface area contributed by atoms with E-state index >= 15 is 0 Å². The van der Waals surface area contributed by atoms with Crippen LogP contribution in [0, 0.1) is 0 Å². The molecule has 1 fully saturated rings. The zero-order valence-electron chi connectivity index (χ0n) is 7.38. The normalized spacial score (nSPS) is 18.1. The number of aliphatic hydroxyl groups is 1. The van der Waals surface area contributed by atoms with Crippen LogP contribution in [0.3, 0.4) is 0 Å². The third-order valence-corrected chi connectivity index (χ3v) is 2.28. The minimum absolute atomic E-state index is 0.0935. The van der Waals surface area contributed by atoms with Gasteiger partial charge >= 0.3 is 0 Å². The van der Waals surface area contributed by atoms with Crippen molar-refractivity contribution in [2.75, 3.05) is 6.61 Å². The van der Waals surface area contributed by atoms with Gasteiger partial charge in [-0.3, -0.25) is 4.79 Å². The third-order valence-electron chi connectivity index (χ3n) is 2.28. The highest BCUT2D eigenvalue weighted by atomic mass is 16.3. The van der Waals surface area contributed by atoms with E-state index in [0.717, 1.165) is 12.8 Å². The lowest BCUT2D eigenvalue weighted by Gasteiger charge is -2.10. The lowest BCUT2D eigenvalue weighted by Crippen LogP contribution is -2.32. The van der Waals surface area contributed by atoms with Crippen LogP contribution >= 0.6 is 0 Å². The SMILES string of the molecule is O=C(CCCO)NC1CCCC1. The summed E-state index contributed by atoms with van der Waals surface area (Å²) < 4.78 is 0. The quantitative estimate of drug-likeness (QED) is 0.658. The van der Waals surface area contributed by atoms with Gasteiger partial charge in [-0.2, -0.15) is 0 Å². The summed E-state index contributed by atoms with van der Waals surface area (Å²) in [7, 11) is 0. The predicted octanol–water partition coefficient (Wildman–Crippen LogP) is 0.818.